The number of fused-ring (bicyclic) bond motifs is 3. The highest BCUT2D eigenvalue weighted by molar-refractivity contribution is 7.98. The number of furan rings is 1. The van der Waals surface area contributed by atoms with Crippen molar-refractivity contribution >= 4 is 17.7 Å². The van der Waals surface area contributed by atoms with Gasteiger partial charge in [-0.3, -0.25) is 14.4 Å². The first-order valence-corrected chi connectivity index (χ1v) is 11.8. The fourth-order valence-corrected chi connectivity index (χ4v) is 5.52. The Morgan fingerprint density at radius 3 is 2.90 bits per heavy atom. The average molecular weight is 438 g/mol. The predicted octanol–water partition coefficient (Wildman–Crippen LogP) is 3.19. The number of benzene rings is 1. The van der Waals surface area contributed by atoms with E-state index in [2.05, 4.69) is 51.0 Å². The van der Waals surface area contributed by atoms with Gasteiger partial charge >= 0.3 is 0 Å². The van der Waals surface area contributed by atoms with Crippen LogP contribution < -0.4 is 5.32 Å². The van der Waals surface area contributed by atoms with Crippen molar-refractivity contribution in [3.63, 3.8) is 0 Å². The molecule has 2 aromatic heterocycles. The Morgan fingerprint density at radius 1 is 1.23 bits per heavy atom. The highest BCUT2D eigenvalue weighted by Crippen LogP contribution is 2.37. The topological polar surface area (TPSA) is 76.2 Å². The van der Waals surface area contributed by atoms with Gasteiger partial charge in [-0.15, -0.1) is 16.9 Å². The number of thioether (sulfide) groups is 1. The lowest BCUT2D eigenvalue weighted by Gasteiger charge is -2.49. The molecule has 5 heterocycles. The third-order valence-corrected chi connectivity index (χ3v) is 7.39. The van der Waals surface area contributed by atoms with Gasteiger partial charge < -0.3 is 9.73 Å². The van der Waals surface area contributed by atoms with Crippen molar-refractivity contribution in [3.05, 3.63) is 66.4 Å². The fourth-order valence-electron chi connectivity index (χ4n) is 4.73. The second-order valence-corrected chi connectivity index (χ2v) is 9.42. The van der Waals surface area contributed by atoms with Crippen molar-refractivity contribution < 1.29 is 9.21 Å². The number of hydrogen-bond acceptors (Lipinski definition) is 6. The van der Waals surface area contributed by atoms with Crippen LogP contribution in [0, 0.1) is 11.8 Å². The van der Waals surface area contributed by atoms with Gasteiger partial charge in [0.1, 0.15) is 5.76 Å². The van der Waals surface area contributed by atoms with E-state index >= 15 is 0 Å². The van der Waals surface area contributed by atoms with Gasteiger partial charge in [-0.25, -0.2) is 0 Å². The van der Waals surface area contributed by atoms with Crippen LogP contribution in [-0.2, 0) is 23.6 Å². The van der Waals surface area contributed by atoms with E-state index in [1.54, 1.807) is 18.0 Å². The monoisotopic (exact) mass is 437 g/mol. The second-order valence-electron chi connectivity index (χ2n) is 8.37. The number of rotatable bonds is 8. The Balaban J connectivity index is 1.13. The molecule has 0 saturated carbocycles. The molecule has 1 aromatic carbocycles. The van der Waals surface area contributed by atoms with E-state index in [9.17, 15) is 4.79 Å². The minimum Gasteiger partial charge on any atom is -0.467 e. The Hall–Kier alpha value is -2.58. The van der Waals surface area contributed by atoms with Crippen molar-refractivity contribution in [2.24, 2.45) is 11.8 Å². The van der Waals surface area contributed by atoms with Crippen LogP contribution >= 0.6 is 11.8 Å². The molecule has 6 rings (SSSR count). The number of hydrogen-bond donors (Lipinski definition) is 1. The van der Waals surface area contributed by atoms with Crippen LogP contribution in [0.3, 0.4) is 0 Å². The van der Waals surface area contributed by atoms with Crippen LogP contribution in [0.2, 0.25) is 0 Å². The summed E-state index contributed by atoms with van der Waals surface area (Å²) in [6.45, 7) is 3.18. The van der Waals surface area contributed by atoms with Crippen molar-refractivity contribution in [2.75, 3.05) is 13.1 Å². The fraction of sp³-hybridized carbons (Fsp3) is 0.435. The molecule has 3 aromatic rings. The SMILES string of the molecule is O=C(NCc1ccco1)C1CN2CCC1CC2Cn1cc(CSc2ccccc2)nn1. The smallest absolute Gasteiger partial charge is 0.225 e. The number of amides is 1. The average Bonchev–Trinajstić information content (AvgIpc) is 3.49. The molecule has 4 atom stereocenters. The predicted molar refractivity (Wildman–Crippen MR) is 118 cm³/mol. The summed E-state index contributed by atoms with van der Waals surface area (Å²) in [7, 11) is 0. The summed E-state index contributed by atoms with van der Waals surface area (Å²) in [5.41, 5.74) is 1.00. The molecule has 1 amide bonds. The second kappa shape index (κ2) is 9.28. The molecule has 4 unspecified atom stereocenters. The molecule has 2 bridgehead atoms. The first kappa shape index (κ1) is 20.3. The summed E-state index contributed by atoms with van der Waals surface area (Å²) < 4.78 is 7.29. The summed E-state index contributed by atoms with van der Waals surface area (Å²) in [5.74, 6) is 2.25. The van der Waals surface area contributed by atoms with E-state index in [-0.39, 0.29) is 11.8 Å². The van der Waals surface area contributed by atoms with E-state index in [0.29, 0.717) is 18.5 Å². The minimum absolute atomic E-state index is 0.0635. The highest BCUT2D eigenvalue weighted by Gasteiger charge is 2.43. The highest BCUT2D eigenvalue weighted by atomic mass is 32.2. The van der Waals surface area contributed by atoms with Crippen molar-refractivity contribution in [2.45, 2.75) is 42.6 Å². The number of piperidine rings is 3. The van der Waals surface area contributed by atoms with Crippen LogP contribution in [0.15, 0.2) is 64.2 Å². The van der Waals surface area contributed by atoms with Gasteiger partial charge in [0, 0.05) is 29.4 Å². The minimum atomic E-state index is 0.0635. The molecular weight excluding hydrogens is 410 g/mol. The number of nitrogens with zero attached hydrogens (tertiary/aromatic N) is 4. The summed E-state index contributed by atoms with van der Waals surface area (Å²) in [4.78, 5) is 16.4. The maximum Gasteiger partial charge on any atom is 0.225 e. The molecule has 31 heavy (non-hydrogen) atoms. The summed E-state index contributed by atoms with van der Waals surface area (Å²) >= 11 is 1.77. The number of carbonyl (C=O) groups excluding carboxylic acids is 1. The van der Waals surface area contributed by atoms with E-state index in [0.717, 1.165) is 49.7 Å². The zero-order valence-electron chi connectivity index (χ0n) is 17.4. The Morgan fingerprint density at radius 2 is 2.13 bits per heavy atom. The van der Waals surface area contributed by atoms with Crippen LogP contribution in [-0.4, -0.2) is 44.9 Å². The first-order valence-electron chi connectivity index (χ1n) is 10.9. The zero-order chi connectivity index (χ0) is 21.0. The van der Waals surface area contributed by atoms with Crippen LogP contribution in [0.1, 0.15) is 24.3 Å². The molecule has 8 heteroatoms. The molecule has 3 saturated heterocycles. The number of carbonyl (C=O) groups is 1. The summed E-state index contributed by atoms with van der Waals surface area (Å²) in [6, 6.07) is 14.5. The van der Waals surface area contributed by atoms with Gasteiger partial charge in [0.15, 0.2) is 0 Å². The van der Waals surface area contributed by atoms with E-state index in [1.165, 1.54) is 4.90 Å². The third-order valence-electron chi connectivity index (χ3n) is 6.35. The summed E-state index contributed by atoms with van der Waals surface area (Å²) in [6.07, 6.45) is 5.82. The van der Waals surface area contributed by atoms with Gasteiger partial charge in [0.05, 0.1) is 31.0 Å². The lowest BCUT2D eigenvalue weighted by molar-refractivity contribution is -0.133. The standard InChI is InChI=1S/C23H27N5O2S/c29-23(24-12-20-5-4-10-30-20)22-15-27-9-8-17(22)11-19(27)14-28-13-18(25-26-28)16-31-21-6-2-1-3-7-21/h1-7,10,13,17,19,22H,8-9,11-12,14-16H2,(H,24,29). The molecular formula is C23H27N5O2S. The lowest BCUT2D eigenvalue weighted by Crippen LogP contribution is -2.57. The molecule has 0 aliphatic carbocycles. The molecule has 3 fully saturated rings. The maximum absolute atomic E-state index is 12.7. The molecule has 1 N–H and O–H groups in total. The number of aromatic nitrogens is 3. The third kappa shape index (κ3) is 4.85. The zero-order valence-corrected chi connectivity index (χ0v) is 18.2. The molecule has 3 aliphatic heterocycles. The van der Waals surface area contributed by atoms with Gasteiger partial charge in [0.25, 0.3) is 0 Å². The first-order chi connectivity index (χ1) is 15.2. The Labute approximate surface area is 186 Å². The maximum atomic E-state index is 12.7. The molecule has 0 spiro atoms. The normalized spacial score (nSPS) is 24.9. The van der Waals surface area contributed by atoms with E-state index in [4.69, 9.17) is 4.42 Å². The Kier molecular flexibility index (Phi) is 6.08. The molecule has 0 radical (unpaired) electrons. The van der Waals surface area contributed by atoms with Gasteiger partial charge in [-0.05, 0) is 49.6 Å². The largest absolute Gasteiger partial charge is 0.467 e. The Bertz CT molecular complexity index is 991. The van der Waals surface area contributed by atoms with E-state index < -0.39 is 0 Å². The van der Waals surface area contributed by atoms with Crippen molar-refractivity contribution in [1.82, 2.24) is 25.2 Å². The van der Waals surface area contributed by atoms with Crippen LogP contribution in [0.5, 0.6) is 0 Å². The summed E-state index contributed by atoms with van der Waals surface area (Å²) in [5, 5.41) is 11.8. The van der Waals surface area contributed by atoms with Crippen molar-refractivity contribution in [3.8, 4) is 0 Å². The van der Waals surface area contributed by atoms with Crippen LogP contribution in [0.25, 0.3) is 0 Å². The molecule has 3 aliphatic rings. The van der Waals surface area contributed by atoms with Gasteiger partial charge in [-0.1, -0.05) is 23.4 Å². The van der Waals surface area contributed by atoms with Crippen LogP contribution in [0.4, 0.5) is 0 Å². The lowest BCUT2D eigenvalue weighted by atomic mass is 9.75. The molecule has 7 nitrogen and oxygen atoms in total. The number of nitrogens with one attached hydrogen (secondary N) is 1. The van der Waals surface area contributed by atoms with Crippen molar-refractivity contribution in [1.29, 1.82) is 0 Å². The van der Waals surface area contributed by atoms with E-state index in [1.807, 2.05) is 22.9 Å². The van der Waals surface area contributed by atoms with Gasteiger partial charge in [-0.2, -0.15) is 0 Å². The molecule has 162 valence electrons. The quantitative estimate of drug-likeness (QED) is 0.546. The van der Waals surface area contributed by atoms with Gasteiger partial charge in [0.2, 0.25) is 5.91 Å².